The molecule has 5 rings (SSSR count). The Bertz CT molecular complexity index is 1280. The number of alkyl halides is 1. The maximum atomic E-state index is 13.0. The van der Waals surface area contributed by atoms with Gasteiger partial charge in [-0.15, -0.1) is 11.3 Å². The third-order valence-corrected chi connectivity index (χ3v) is 8.47. The van der Waals surface area contributed by atoms with Gasteiger partial charge in [0.25, 0.3) is 5.91 Å². The summed E-state index contributed by atoms with van der Waals surface area (Å²) in [4.78, 5) is 22.2. The number of carbonyl (C=O) groups is 1. The van der Waals surface area contributed by atoms with Gasteiger partial charge in [0.1, 0.15) is 11.3 Å². The summed E-state index contributed by atoms with van der Waals surface area (Å²) in [6, 6.07) is 5.65. The molecule has 4 aromatic rings. The molecule has 0 spiro atoms. The number of halogens is 1. The third kappa shape index (κ3) is 4.07. The lowest BCUT2D eigenvalue weighted by molar-refractivity contribution is 0.102. The Labute approximate surface area is 203 Å². The average Bonchev–Trinajstić information content (AvgIpc) is 3.42. The summed E-state index contributed by atoms with van der Waals surface area (Å²) >= 11 is 4.28. The topological polar surface area (TPSA) is 81.4 Å². The van der Waals surface area contributed by atoms with E-state index in [1.807, 2.05) is 12.1 Å². The Hall–Kier alpha value is -2.27. The Kier molecular flexibility index (Phi) is 6.02. The molecule has 1 saturated carbocycles. The second-order valence-corrected chi connectivity index (χ2v) is 11.3. The first-order valence-electron chi connectivity index (χ1n) is 10.8. The van der Waals surface area contributed by atoms with Crippen LogP contribution in [0.4, 0.5) is 5.69 Å². The van der Waals surface area contributed by atoms with E-state index in [2.05, 4.69) is 44.9 Å². The highest BCUT2D eigenvalue weighted by molar-refractivity contribution is 14.1. The molecule has 3 aromatic heterocycles. The third-order valence-electron chi connectivity index (χ3n) is 6.27. The van der Waals surface area contributed by atoms with E-state index < -0.39 is 0 Å². The fourth-order valence-electron chi connectivity index (χ4n) is 4.42. The molecule has 0 aliphatic heterocycles. The highest BCUT2D eigenvalue weighted by Gasteiger charge is 2.27. The van der Waals surface area contributed by atoms with Crippen LogP contribution < -0.4 is 10.1 Å². The number of fused-ring (bicyclic) bond motifs is 2. The van der Waals surface area contributed by atoms with E-state index in [9.17, 15) is 4.79 Å². The van der Waals surface area contributed by atoms with Crippen molar-refractivity contribution in [2.45, 2.75) is 42.4 Å². The molecule has 7 nitrogen and oxygen atoms in total. The van der Waals surface area contributed by atoms with Crippen LogP contribution in [0.5, 0.6) is 5.75 Å². The van der Waals surface area contributed by atoms with Crippen molar-refractivity contribution in [2.75, 3.05) is 12.4 Å². The number of rotatable bonds is 5. The van der Waals surface area contributed by atoms with E-state index in [1.54, 1.807) is 41.4 Å². The van der Waals surface area contributed by atoms with Crippen LogP contribution in [0.25, 0.3) is 15.9 Å². The second-order valence-electron chi connectivity index (χ2n) is 8.26. The summed E-state index contributed by atoms with van der Waals surface area (Å²) < 4.78 is 8.93. The summed E-state index contributed by atoms with van der Waals surface area (Å²) in [6.45, 7) is 2.31. The summed E-state index contributed by atoms with van der Waals surface area (Å²) in [5, 5.41) is 8.37. The molecule has 3 heterocycles. The Morgan fingerprint density at radius 2 is 2.12 bits per heavy atom. The molecule has 0 radical (unpaired) electrons. The predicted octanol–water partition coefficient (Wildman–Crippen LogP) is 5.70. The number of nitrogens with zero attached hydrogens (tertiary/aromatic N) is 4. The molecular formula is C23H24IN5O2S. The lowest BCUT2D eigenvalue weighted by atomic mass is 9.81. The van der Waals surface area contributed by atoms with Gasteiger partial charge in [-0.2, -0.15) is 5.10 Å². The van der Waals surface area contributed by atoms with Gasteiger partial charge >= 0.3 is 0 Å². The highest BCUT2D eigenvalue weighted by atomic mass is 127. The van der Waals surface area contributed by atoms with Gasteiger partial charge in [0, 0.05) is 28.3 Å². The highest BCUT2D eigenvalue weighted by Crippen LogP contribution is 2.42. The van der Waals surface area contributed by atoms with Gasteiger partial charge in [0.05, 0.1) is 34.2 Å². The van der Waals surface area contributed by atoms with Gasteiger partial charge in [-0.05, 0) is 43.7 Å². The minimum atomic E-state index is -0.271. The van der Waals surface area contributed by atoms with Gasteiger partial charge in [-0.25, -0.2) is 14.5 Å². The molecule has 1 aliphatic carbocycles. The fourth-order valence-corrected chi connectivity index (χ4v) is 6.29. The molecule has 1 amide bonds. The zero-order chi connectivity index (χ0) is 22.2. The van der Waals surface area contributed by atoms with Crippen molar-refractivity contribution in [3.63, 3.8) is 0 Å². The van der Waals surface area contributed by atoms with Gasteiger partial charge in [0.2, 0.25) is 0 Å². The van der Waals surface area contributed by atoms with Crippen LogP contribution >= 0.6 is 33.9 Å². The molecule has 1 atom stereocenters. The van der Waals surface area contributed by atoms with Crippen molar-refractivity contribution in [1.29, 1.82) is 0 Å². The quantitative estimate of drug-likeness (QED) is 0.250. The van der Waals surface area contributed by atoms with Gasteiger partial charge in [-0.3, -0.25) is 4.79 Å². The Morgan fingerprint density at radius 1 is 1.31 bits per heavy atom. The summed E-state index contributed by atoms with van der Waals surface area (Å²) in [7, 11) is 1.60. The zero-order valence-corrected chi connectivity index (χ0v) is 20.9. The van der Waals surface area contributed by atoms with Crippen LogP contribution in [-0.4, -0.2) is 36.5 Å². The first-order valence-corrected chi connectivity index (χ1v) is 12.8. The van der Waals surface area contributed by atoms with Crippen molar-refractivity contribution in [3.05, 3.63) is 47.4 Å². The molecule has 0 saturated heterocycles. The van der Waals surface area contributed by atoms with Crippen LogP contribution in [-0.2, 0) is 0 Å². The van der Waals surface area contributed by atoms with Crippen LogP contribution in [0.2, 0.25) is 0 Å². The number of hydrogen-bond donors (Lipinski definition) is 1. The predicted molar refractivity (Wildman–Crippen MR) is 135 cm³/mol. The number of benzene rings is 1. The first-order chi connectivity index (χ1) is 15.5. The standard InChI is InChI=1S/C23H24IN5O2S/c1-13(24)14-4-6-15(7-5-14)23-28-18-10-19(31-2)17(11-20(18)32-23)27-22(30)16-12-26-29-9-3-8-25-21(16)29/h3,8-15H,4-7H2,1-2H3,(H,27,30)/t13?,14-,15-. The number of amides is 1. The Morgan fingerprint density at radius 3 is 2.88 bits per heavy atom. The average molecular weight is 561 g/mol. The normalized spacial score (nSPS) is 19.8. The first kappa shape index (κ1) is 21.6. The molecule has 32 heavy (non-hydrogen) atoms. The van der Waals surface area contributed by atoms with Gasteiger partial charge in [0.15, 0.2) is 5.65 Å². The van der Waals surface area contributed by atoms with Crippen LogP contribution in [0.1, 0.15) is 53.9 Å². The molecule has 1 unspecified atom stereocenters. The van der Waals surface area contributed by atoms with Crippen molar-refractivity contribution in [2.24, 2.45) is 5.92 Å². The second kappa shape index (κ2) is 8.93. The molecule has 1 fully saturated rings. The number of aromatic nitrogens is 4. The van der Waals surface area contributed by atoms with E-state index in [4.69, 9.17) is 9.72 Å². The van der Waals surface area contributed by atoms with Gasteiger partial charge < -0.3 is 10.1 Å². The number of nitrogens with one attached hydrogen (secondary N) is 1. The van der Waals surface area contributed by atoms with E-state index in [0.29, 0.717) is 28.6 Å². The molecule has 1 aromatic carbocycles. The summed E-state index contributed by atoms with van der Waals surface area (Å²) in [5.74, 6) is 1.66. The maximum Gasteiger partial charge on any atom is 0.261 e. The van der Waals surface area contributed by atoms with Crippen LogP contribution in [0.15, 0.2) is 36.8 Å². The maximum absolute atomic E-state index is 13.0. The number of thiazole rings is 1. The number of anilines is 1. The minimum Gasteiger partial charge on any atom is -0.494 e. The monoisotopic (exact) mass is 561 g/mol. The van der Waals surface area contributed by atoms with E-state index in [0.717, 1.165) is 20.1 Å². The van der Waals surface area contributed by atoms with Crippen LogP contribution in [0.3, 0.4) is 0 Å². The SMILES string of the molecule is COc1cc2nc([C@H]3CC[C@H](C(C)I)CC3)sc2cc1NC(=O)c1cnn2cccnc12. The molecule has 9 heteroatoms. The number of methoxy groups -OCH3 is 1. The van der Waals surface area contributed by atoms with Crippen molar-refractivity contribution < 1.29 is 9.53 Å². The van der Waals surface area contributed by atoms with Crippen molar-refractivity contribution in [3.8, 4) is 5.75 Å². The summed E-state index contributed by atoms with van der Waals surface area (Å²) in [5.41, 5.74) is 2.47. The van der Waals surface area contributed by atoms with Gasteiger partial charge in [-0.1, -0.05) is 29.5 Å². The lowest BCUT2D eigenvalue weighted by Gasteiger charge is -2.29. The molecular weight excluding hydrogens is 537 g/mol. The molecule has 1 N–H and O–H groups in total. The van der Waals surface area contributed by atoms with E-state index in [1.165, 1.54) is 36.9 Å². The summed E-state index contributed by atoms with van der Waals surface area (Å²) in [6.07, 6.45) is 9.86. The molecule has 0 bridgehead atoms. The van der Waals surface area contributed by atoms with Crippen LogP contribution in [0, 0.1) is 5.92 Å². The van der Waals surface area contributed by atoms with Crippen molar-refractivity contribution >= 4 is 61.4 Å². The smallest absolute Gasteiger partial charge is 0.261 e. The number of ether oxygens (including phenoxy) is 1. The van der Waals surface area contributed by atoms with E-state index >= 15 is 0 Å². The largest absolute Gasteiger partial charge is 0.494 e. The Balaban J connectivity index is 1.40. The van der Waals surface area contributed by atoms with E-state index in [-0.39, 0.29) is 5.91 Å². The lowest BCUT2D eigenvalue weighted by Crippen LogP contribution is -2.18. The van der Waals surface area contributed by atoms with Crippen molar-refractivity contribution in [1.82, 2.24) is 19.6 Å². The molecule has 166 valence electrons. The minimum absolute atomic E-state index is 0.271. The number of hydrogen-bond acceptors (Lipinski definition) is 6. The number of carbonyl (C=O) groups excluding carboxylic acids is 1. The molecule has 1 aliphatic rings. The fraction of sp³-hybridized carbons (Fsp3) is 0.391. The zero-order valence-electron chi connectivity index (χ0n) is 17.9.